The number of hydrogen-bond donors (Lipinski definition) is 1. The van der Waals surface area contributed by atoms with Crippen LogP contribution in [-0.4, -0.2) is 6.04 Å². The molecule has 2 N–H and O–H groups in total. The van der Waals surface area contributed by atoms with Crippen molar-refractivity contribution in [3.63, 3.8) is 0 Å². The Morgan fingerprint density at radius 2 is 2.06 bits per heavy atom. The van der Waals surface area contributed by atoms with Crippen LogP contribution in [-0.2, 0) is 13.1 Å². The average molecular weight is 260 g/mol. The molecule has 0 amide bonds. The molecule has 0 aliphatic carbocycles. The van der Waals surface area contributed by atoms with Crippen molar-refractivity contribution in [2.45, 2.75) is 33.0 Å². The summed E-state index contributed by atoms with van der Waals surface area (Å²) in [5, 5.41) is 2.13. The number of rotatable bonds is 5. The van der Waals surface area contributed by atoms with Gasteiger partial charge in [0, 0.05) is 23.2 Å². The van der Waals surface area contributed by atoms with E-state index >= 15 is 0 Å². The van der Waals surface area contributed by atoms with E-state index in [2.05, 4.69) is 60.5 Å². The molecule has 1 aromatic carbocycles. The van der Waals surface area contributed by atoms with Gasteiger partial charge in [0.1, 0.15) is 0 Å². The lowest BCUT2D eigenvalue weighted by Crippen LogP contribution is -2.29. The van der Waals surface area contributed by atoms with E-state index < -0.39 is 0 Å². The van der Waals surface area contributed by atoms with Crippen LogP contribution in [0.15, 0.2) is 41.8 Å². The molecular formula is C15H20N2S. The maximum atomic E-state index is 5.71. The highest BCUT2D eigenvalue weighted by atomic mass is 32.1. The number of benzene rings is 1. The van der Waals surface area contributed by atoms with E-state index in [1.165, 1.54) is 16.1 Å². The summed E-state index contributed by atoms with van der Waals surface area (Å²) in [7, 11) is 0. The molecule has 0 fully saturated rings. The van der Waals surface area contributed by atoms with Gasteiger partial charge in [0.05, 0.1) is 6.54 Å². The average Bonchev–Trinajstić information content (AvgIpc) is 2.88. The molecule has 1 heterocycles. The molecular weight excluding hydrogens is 240 g/mol. The van der Waals surface area contributed by atoms with Crippen molar-refractivity contribution in [3.05, 3.63) is 52.2 Å². The van der Waals surface area contributed by atoms with Gasteiger partial charge in [0.15, 0.2) is 0 Å². The first-order valence-corrected chi connectivity index (χ1v) is 7.16. The second kappa shape index (κ2) is 6.03. The smallest absolute Gasteiger partial charge is 0.0525 e. The Kier molecular flexibility index (Phi) is 4.39. The zero-order valence-corrected chi connectivity index (χ0v) is 11.8. The molecule has 18 heavy (non-hydrogen) atoms. The van der Waals surface area contributed by atoms with Crippen molar-refractivity contribution < 1.29 is 0 Å². The van der Waals surface area contributed by atoms with E-state index in [-0.39, 0.29) is 0 Å². The Morgan fingerprint density at radius 3 is 2.67 bits per heavy atom. The largest absolute Gasteiger partial charge is 0.364 e. The third kappa shape index (κ3) is 3.12. The molecule has 2 rings (SSSR count). The summed E-state index contributed by atoms with van der Waals surface area (Å²) < 4.78 is 0. The van der Waals surface area contributed by atoms with Crippen LogP contribution in [0.2, 0.25) is 0 Å². The van der Waals surface area contributed by atoms with Crippen molar-refractivity contribution >= 4 is 17.0 Å². The molecule has 2 aromatic rings. The van der Waals surface area contributed by atoms with Gasteiger partial charge in [-0.2, -0.15) is 0 Å². The quantitative estimate of drug-likeness (QED) is 0.889. The van der Waals surface area contributed by atoms with Gasteiger partial charge < -0.3 is 10.6 Å². The molecule has 0 saturated carbocycles. The Morgan fingerprint density at radius 1 is 1.22 bits per heavy atom. The van der Waals surface area contributed by atoms with Crippen LogP contribution < -0.4 is 10.6 Å². The van der Waals surface area contributed by atoms with Gasteiger partial charge >= 0.3 is 0 Å². The molecule has 2 nitrogen and oxygen atoms in total. The molecule has 0 aliphatic rings. The van der Waals surface area contributed by atoms with Crippen molar-refractivity contribution in [1.82, 2.24) is 0 Å². The Hall–Kier alpha value is -1.32. The van der Waals surface area contributed by atoms with Gasteiger partial charge in [0.2, 0.25) is 0 Å². The summed E-state index contributed by atoms with van der Waals surface area (Å²) in [4.78, 5) is 3.80. The summed E-state index contributed by atoms with van der Waals surface area (Å²) in [5.74, 6) is 0. The number of thiophene rings is 1. The lowest BCUT2D eigenvalue weighted by molar-refractivity contribution is 0.687. The third-order valence-corrected chi connectivity index (χ3v) is 3.87. The summed E-state index contributed by atoms with van der Waals surface area (Å²) in [6, 6.07) is 13.3. The number of nitrogens with two attached hydrogens (primary N) is 1. The second-order valence-corrected chi connectivity index (χ2v) is 5.71. The van der Waals surface area contributed by atoms with Crippen LogP contribution >= 0.6 is 11.3 Å². The van der Waals surface area contributed by atoms with Gasteiger partial charge in [-0.15, -0.1) is 11.3 Å². The molecule has 0 atom stereocenters. The third-order valence-electron chi connectivity index (χ3n) is 3.01. The standard InChI is InChI=1S/C15H20N2S/c1-12(2)17(11-15-7-4-8-18-15)14-6-3-5-13(9-14)10-16/h3-9,12H,10-11,16H2,1-2H3. The Bertz CT molecular complexity index is 477. The summed E-state index contributed by atoms with van der Waals surface area (Å²) in [6.45, 7) is 6.01. The minimum atomic E-state index is 0.472. The molecule has 1 aromatic heterocycles. The first-order valence-electron chi connectivity index (χ1n) is 6.28. The normalized spacial score (nSPS) is 10.9. The minimum absolute atomic E-state index is 0.472. The molecule has 0 unspecified atom stereocenters. The molecule has 0 saturated heterocycles. The Balaban J connectivity index is 2.23. The van der Waals surface area contributed by atoms with Crippen molar-refractivity contribution in [3.8, 4) is 0 Å². The lowest BCUT2D eigenvalue weighted by Gasteiger charge is -2.29. The van der Waals surface area contributed by atoms with Crippen LogP contribution in [0, 0.1) is 0 Å². The summed E-state index contributed by atoms with van der Waals surface area (Å²) >= 11 is 1.81. The second-order valence-electron chi connectivity index (χ2n) is 4.68. The lowest BCUT2D eigenvalue weighted by atomic mass is 10.1. The van der Waals surface area contributed by atoms with Gasteiger partial charge in [-0.05, 0) is 43.0 Å². The first kappa shape index (κ1) is 13.1. The SMILES string of the molecule is CC(C)N(Cc1cccs1)c1cccc(CN)c1. The first-order chi connectivity index (χ1) is 8.70. The number of nitrogens with zero attached hydrogens (tertiary/aromatic N) is 1. The van der Waals surface area contributed by atoms with Crippen LogP contribution in [0.5, 0.6) is 0 Å². The van der Waals surface area contributed by atoms with Crippen molar-refractivity contribution in [2.24, 2.45) is 5.73 Å². The van der Waals surface area contributed by atoms with Gasteiger partial charge in [-0.1, -0.05) is 18.2 Å². The van der Waals surface area contributed by atoms with Gasteiger partial charge in [-0.3, -0.25) is 0 Å². The molecule has 0 aliphatic heterocycles. The Labute approximate surface area is 113 Å². The van der Waals surface area contributed by atoms with Crippen LogP contribution in [0.4, 0.5) is 5.69 Å². The molecule has 0 spiro atoms. The number of anilines is 1. The van der Waals surface area contributed by atoms with E-state index in [1.807, 2.05) is 0 Å². The topological polar surface area (TPSA) is 29.3 Å². The van der Waals surface area contributed by atoms with Crippen LogP contribution in [0.3, 0.4) is 0 Å². The van der Waals surface area contributed by atoms with Crippen molar-refractivity contribution in [2.75, 3.05) is 4.90 Å². The van der Waals surface area contributed by atoms with E-state index in [0.29, 0.717) is 12.6 Å². The van der Waals surface area contributed by atoms with Crippen LogP contribution in [0.1, 0.15) is 24.3 Å². The summed E-state index contributed by atoms with van der Waals surface area (Å²) in [5.41, 5.74) is 8.15. The fourth-order valence-corrected chi connectivity index (χ4v) is 2.71. The van der Waals surface area contributed by atoms with Gasteiger partial charge in [0.25, 0.3) is 0 Å². The van der Waals surface area contributed by atoms with Gasteiger partial charge in [-0.25, -0.2) is 0 Å². The van der Waals surface area contributed by atoms with Crippen molar-refractivity contribution in [1.29, 1.82) is 0 Å². The number of hydrogen-bond acceptors (Lipinski definition) is 3. The maximum Gasteiger partial charge on any atom is 0.0525 e. The monoisotopic (exact) mass is 260 g/mol. The zero-order valence-electron chi connectivity index (χ0n) is 11.0. The van der Waals surface area contributed by atoms with Crippen LogP contribution in [0.25, 0.3) is 0 Å². The predicted molar refractivity (Wildman–Crippen MR) is 80.0 cm³/mol. The van der Waals surface area contributed by atoms with E-state index in [1.54, 1.807) is 11.3 Å². The highest BCUT2D eigenvalue weighted by Crippen LogP contribution is 2.23. The van der Waals surface area contributed by atoms with E-state index in [0.717, 1.165) is 6.54 Å². The van der Waals surface area contributed by atoms with E-state index in [9.17, 15) is 0 Å². The molecule has 0 bridgehead atoms. The fraction of sp³-hybridized carbons (Fsp3) is 0.333. The zero-order chi connectivity index (χ0) is 13.0. The highest BCUT2D eigenvalue weighted by Gasteiger charge is 2.12. The predicted octanol–water partition coefficient (Wildman–Crippen LogP) is 3.62. The molecule has 96 valence electrons. The highest BCUT2D eigenvalue weighted by molar-refractivity contribution is 7.09. The van der Waals surface area contributed by atoms with E-state index in [4.69, 9.17) is 5.73 Å². The molecule has 0 radical (unpaired) electrons. The minimum Gasteiger partial charge on any atom is -0.364 e. The maximum absolute atomic E-state index is 5.71. The molecule has 3 heteroatoms. The summed E-state index contributed by atoms with van der Waals surface area (Å²) in [6.07, 6.45) is 0. The fourth-order valence-electron chi connectivity index (χ4n) is 2.00.